The first-order valence-corrected chi connectivity index (χ1v) is 5.55. The van der Waals surface area contributed by atoms with E-state index < -0.39 is 4.92 Å². The summed E-state index contributed by atoms with van der Waals surface area (Å²) >= 11 is 0. The van der Waals surface area contributed by atoms with E-state index in [0.29, 0.717) is 12.4 Å². The second-order valence-electron chi connectivity index (χ2n) is 4.33. The molecule has 6 heteroatoms. The molecule has 0 aromatic carbocycles. The van der Waals surface area contributed by atoms with Gasteiger partial charge in [-0.3, -0.25) is 15.1 Å². The maximum Gasteiger partial charge on any atom is 0.274 e. The molecule has 0 unspecified atom stereocenters. The maximum atomic E-state index is 10.6. The van der Waals surface area contributed by atoms with Gasteiger partial charge in [0.05, 0.1) is 4.92 Å². The molecule has 0 saturated heterocycles. The number of hydrogen-bond acceptors (Lipinski definition) is 5. The van der Waals surface area contributed by atoms with Gasteiger partial charge >= 0.3 is 0 Å². The van der Waals surface area contributed by atoms with E-state index in [1.165, 1.54) is 0 Å². The summed E-state index contributed by atoms with van der Waals surface area (Å²) in [6, 6.07) is 3.90. The number of aryl methyl sites for hydroxylation is 1. The Labute approximate surface area is 107 Å². The predicted octanol–water partition coefficient (Wildman–Crippen LogP) is 1.46. The lowest BCUT2D eigenvalue weighted by Gasteiger charge is -2.25. The summed E-state index contributed by atoms with van der Waals surface area (Å²) in [4.78, 5) is 17.9. The fourth-order valence-corrected chi connectivity index (χ4v) is 1.60. The van der Waals surface area contributed by atoms with Crippen LogP contribution in [-0.4, -0.2) is 40.9 Å². The summed E-state index contributed by atoms with van der Waals surface area (Å²) in [5.74, 6) is 0.542. The zero-order valence-electron chi connectivity index (χ0n) is 11.1. The summed E-state index contributed by atoms with van der Waals surface area (Å²) in [5.41, 5.74) is 1.97. The molecule has 0 aliphatic rings. The van der Waals surface area contributed by atoms with Crippen molar-refractivity contribution in [1.82, 2.24) is 14.8 Å². The van der Waals surface area contributed by atoms with E-state index in [1.54, 1.807) is 25.2 Å². The number of rotatable bonds is 5. The molecule has 18 heavy (non-hydrogen) atoms. The number of nitro groups is 1. The molecule has 0 saturated carbocycles. The number of hydrogen-bond donors (Lipinski definition) is 0. The summed E-state index contributed by atoms with van der Waals surface area (Å²) in [7, 11) is 5.37. The molecular formula is C12H18N4O2. The van der Waals surface area contributed by atoms with E-state index in [2.05, 4.69) is 4.98 Å². The molecule has 98 valence electrons. The van der Waals surface area contributed by atoms with Crippen molar-refractivity contribution in [3.05, 3.63) is 51.7 Å². The molecule has 0 spiro atoms. The quantitative estimate of drug-likeness (QED) is 0.585. The minimum atomic E-state index is -0.445. The van der Waals surface area contributed by atoms with Gasteiger partial charge in [0.1, 0.15) is 0 Å². The maximum absolute atomic E-state index is 10.6. The Morgan fingerprint density at radius 2 is 2.11 bits per heavy atom. The van der Waals surface area contributed by atoms with E-state index in [1.807, 2.05) is 31.0 Å². The molecule has 0 N–H and O–H groups in total. The highest BCUT2D eigenvalue weighted by Crippen LogP contribution is 2.10. The second kappa shape index (κ2) is 6.00. The zero-order chi connectivity index (χ0) is 13.7. The van der Waals surface area contributed by atoms with Gasteiger partial charge in [0.2, 0.25) is 0 Å². The van der Waals surface area contributed by atoms with Crippen LogP contribution in [0.15, 0.2) is 30.4 Å². The molecule has 0 bridgehead atoms. The van der Waals surface area contributed by atoms with Crippen molar-refractivity contribution in [2.24, 2.45) is 0 Å². The van der Waals surface area contributed by atoms with E-state index >= 15 is 0 Å². The SMILES string of the molecule is Cc1ccc(CN(C)/C(=C/[N+](=O)[O-])N(C)C)cn1. The van der Waals surface area contributed by atoms with Crippen LogP contribution in [0.25, 0.3) is 0 Å². The molecule has 0 atom stereocenters. The van der Waals surface area contributed by atoms with Gasteiger partial charge in [0.15, 0.2) is 5.82 Å². The molecule has 1 aromatic heterocycles. The molecule has 0 aliphatic heterocycles. The van der Waals surface area contributed by atoms with Crippen molar-refractivity contribution in [2.75, 3.05) is 21.1 Å². The van der Waals surface area contributed by atoms with Crippen molar-refractivity contribution in [3.8, 4) is 0 Å². The lowest BCUT2D eigenvalue weighted by atomic mass is 10.2. The number of pyridine rings is 1. The predicted molar refractivity (Wildman–Crippen MR) is 69.2 cm³/mol. The van der Waals surface area contributed by atoms with E-state index in [0.717, 1.165) is 17.5 Å². The second-order valence-corrected chi connectivity index (χ2v) is 4.33. The molecule has 1 heterocycles. The highest BCUT2D eigenvalue weighted by atomic mass is 16.6. The van der Waals surface area contributed by atoms with Crippen LogP contribution in [0.2, 0.25) is 0 Å². The van der Waals surface area contributed by atoms with Crippen LogP contribution >= 0.6 is 0 Å². The third kappa shape index (κ3) is 4.04. The average Bonchev–Trinajstić information content (AvgIpc) is 2.28. The summed E-state index contributed by atoms with van der Waals surface area (Å²) in [6.45, 7) is 2.50. The average molecular weight is 250 g/mol. The van der Waals surface area contributed by atoms with Crippen molar-refractivity contribution < 1.29 is 4.92 Å². The fraction of sp³-hybridized carbons (Fsp3) is 0.417. The van der Waals surface area contributed by atoms with Gasteiger partial charge in [-0.25, -0.2) is 0 Å². The van der Waals surface area contributed by atoms with E-state index in [9.17, 15) is 10.1 Å². The van der Waals surface area contributed by atoms with Gasteiger partial charge in [-0.15, -0.1) is 0 Å². The molecule has 6 nitrogen and oxygen atoms in total. The molecule has 0 radical (unpaired) electrons. The van der Waals surface area contributed by atoms with Crippen LogP contribution in [0.3, 0.4) is 0 Å². The monoisotopic (exact) mass is 250 g/mol. The van der Waals surface area contributed by atoms with Gasteiger partial charge in [0.25, 0.3) is 6.20 Å². The zero-order valence-corrected chi connectivity index (χ0v) is 11.1. The summed E-state index contributed by atoms with van der Waals surface area (Å²) in [6.07, 6.45) is 2.78. The van der Waals surface area contributed by atoms with Gasteiger partial charge < -0.3 is 9.80 Å². The summed E-state index contributed by atoms with van der Waals surface area (Å²) in [5, 5.41) is 10.6. The molecular weight excluding hydrogens is 232 g/mol. The lowest BCUT2D eigenvalue weighted by molar-refractivity contribution is -0.405. The van der Waals surface area contributed by atoms with Gasteiger partial charge in [0, 0.05) is 39.6 Å². The third-order valence-electron chi connectivity index (χ3n) is 2.46. The Hall–Kier alpha value is -2.11. The van der Waals surface area contributed by atoms with Crippen molar-refractivity contribution >= 4 is 0 Å². The molecule has 0 aliphatic carbocycles. The van der Waals surface area contributed by atoms with Crippen molar-refractivity contribution in [2.45, 2.75) is 13.5 Å². The molecule has 1 rings (SSSR count). The van der Waals surface area contributed by atoms with E-state index in [-0.39, 0.29) is 0 Å². The smallest absolute Gasteiger partial charge is 0.274 e. The van der Waals surface area contributed by atoms with Gasteiger partial charge in [-0.2, -0.15) is 0 Å². The third-order valence-corrected chi connectivity index (χ3v) is 2.46. The van der Waals surface area contributed by atoms with Crippen LogP contribution in [0, 0.1) is 17.0 Å². The van der Waals surface area contributed by atoms with Crippen LogP contribution in [0.1, 0.15) is 11.3 Å². The highest BCUT2D eigenvalue weighted by molar-refractivity contribution is 5.14. The topological polar surface area (TPSA) is 62.5 Å². The van der Waals surface area contributed by atoms with E-state index in [4.69, 9.17) is 0 Å². The fourth-order valence-electron chi connectivity index (χ4n) is 1.60. The Bertz CT molecular complexity index is 440. The normalized spacial score (nSPS) is 11.2. The first kappa shape index (κ1) is 14.0. The first-order chi connectivity index (χ1) is 8.40. The minimum Gasteiger partial charge on any atom is -0.359 e. The Morgan fingerprint density at radius 1 is 1.44 bits per heavy atom. The van der Waals surface area contributed by atoms with Crippen LogP contribution in [0.4, 0.5) is 0 Å². The lowest BCUT2D eigenvalue weighted by Crippen LogP contribution is -2.28. The van der Waals surface area contributed by atoms with Crippen molar-refractivity contribution in [1.29, 1.82) is 0 Å². The standard InChI is InChI=1S/C12H18N4O2/c1-10-5-6-11(7-13-10)8-15(4)12(14(2)3)9-16(17)18/h5-7,9H,8H2,1-4H3/b12-9+. The highest BCUT2D eigenvalue weighted by Gasteiger charge is 2.12. The Morgan fingerprint density at radius 3 is 2.56 bits per heavy atom. The van der Waals surface area contributed by atoms with Gasteiger partial charge in [-0.05, 0) is 18.6 Å². The van der Waals surface area contributed by atoms with Crippen molar-refractivity contribution in [3.63, 3.8) is 0 Å². The van der Waals surface area contributed by atoms with Crippen LogP contribution < -0.4 is 0 Å². The number of nitrogens with zero attached hydrogens (tertiary/aromatic N) is 4. The molecule has 1 aromatic rings. The first-order valence-electron chi connectivity index (χ1n) is 5.55. The van der Waals surface area contributed by atoms with Gasteiger partial charge in [-0.1, -0.05) is 6.07 Å². The van der Waals surface area contributed by atoms with Crippen LogP contribution in [-0.2, 0) is 6.54 Å². The Balaban J connectivity index is 2.82. The molecule has 0 amide bonds. The Kier molecular flexibility index (Phi) is 4.65. The summed E-state index contributed by atoms with van der Waals surface area (Å²) < 4.78 is 0. The number of aromatic nitrogens is 1. The molecule has 0 fully saturated rings. The minimum absolute atomic E-state index is 0.445. The largest absolute Gasteiger partial charge is 0.359 e. The van der Waals surface area contributed by atoms with Crippen LogP contribution in [0.5, 0.6) is 0 Å².